The lowest BCUT2D eigenvalue weighted by molar-refractivity contribution is -0.143. The van der Waals surface area contributed by atoms with Crippen LogP contribution in [-0.2, 0) is 16.8 Å². The molecule has 3 rings (SSSR count). The summed E-state index contributed by atoms with van der Waals surface area (Å²) in [5.41, 5.74) is 1.27. The molecule has 1 N–H and O–H groups in total. The maximum Gasteiger partial charge on any atom is 0.315 e. The van der Waals surface area contributed by atoms with Crippen LogP contribution in [0, 0.1) is 0 Å². The average molecular weight is 360 g/mol. The molecule has 2 aromatic rings. The predicted octanol–water partition coefficient (Wildman–Crippen LogP) is 3.68. The third kappa shape index (κ3) is 2.81. The Morgan fingerprint density at radius 1 is 1.14 bits per heavy atom. The molecule has 1 saturated heterocycles. The maximum atomic E-state index is 12.0. The van der Waals surface area contributed by atoms with Crippen molar-refractivity contribution in [3.05, 3.63) is 70.2 Å². The number of aliphatic carboxylic acids is 1. The molecule has 114 valence electrons. The Labute approximate surface area is 138 Å². The van der Waals surface area contributed by atoms with Gasteiger partial charge in [-0.25, -0.2) is 0 Å². The second kappa shape index (κ2) is 6.23. The Hall–Kier alpha value is -1.65. The van der Waals surface area contributed by atoms with Crippen LogP contribution in [0.4, 0.5) is 0 Å². The Kier molecular flexibility index (Phi) is 4.32. The van der Waals surface area contributed by atoms with Crippen molar-refractivity contribution >= 4 is 21.9 Å². The highest BCUT2D eigenvalue weighted by Gasteiger charge is 2.47. The van der Waals surface area contributed by atoms with E-state index >= 15 is 0 Å². The van der Waals surface area contributed by atoms with E-state index in [1.54, 1.807) is 0 Å². The fourth-order valence-electron chi connectivity index (χ4n) is 3.22. The number of likely N-dealkylation sites (tertiary alicyclic amines) is 1. The van der Waals surface area contributed by atoms with Crippen LogP contribution in [0.2, 0.25) is 0 Å². The number of hydrogen-bond acceptors (Lipinski definition) is 2. The van der Waals surface area contributed by atoms with Gasteiger partial charge in [0.15, 0.2) is 0 Å². The molecular formula is C18H18BrNO2. The highest BCUT2D eigenvalue weighted by molar-refractivity contribution is 9.10. The van der Waals surface area contributed by atoms with E-state index < -0.39 is 11.4 Å². The van der Waals surface area contributed by atoms with Gasteiger partial charge in [0.1, 0.15) is 5.41 Å². The first kappa shape index (κ1) is 15.3. The first-order valence-corrected chi connectivity index (χ1v) is 8.16. The third-order valence-electron chi connectivity index (χ3n) is 4.40. The van der Waals surface area contributed by atoms with E-state index in [0.717, 1.165) is 23.1 Å². The number of rotatable bonds is 4. The lowest BCUT2D eigenvalue weighted by atomic mass is 9.80. The number of carbonyl (C=O) groups is 1. The van der Waals surface area contributed by atoms with Gasteiger partial charge in [-0.3, -0.25) is 9.69 Å². The first-order valence-electron chi connectivity index (χ1n) is 7.36. The quantitative estimate of drug-likeness (QED) is 0.904. The molecule has 3 nitrogen and oxygen atoms in total. The van der Waals surface area contributed by atoms with Crippen molar-refractivity contribution in [1.29, 1.82) is 0 Å². The number of halogens is 1. The van der Waals surface area contributed by atoms with Crippen molar-refractivity contribution in [3.8, 4) is 0 Å². The van der Waals surface area contributed by atoms with Gasteiger partial charge in [0.05, 0.1) is 0 Å². The summed E-state index contributed by atoms with van der Waals surface area (Å²) in [4.78, 5) is 14.3. The summed E-state index contributed by atoms with van der Waals surface area (Å²) in [6.45, 7) is 2.13. The Balaban J connectivity index is 1.86. The zero-order valence-electron chi connectivity index (χ0n) is 12.2. The van der Waals surface area contributed by atoms with E-state index in [-0.39, 0.29) is 0 Å². The molecule has 1 fully saturated rings. The molecule has 1 aliphatic rings. The zero-order valence-corrected chi connectivity index (χ0v) is 13.8. The van der Waals surface area contributed by atoms with Crippen LogP contribution in [-0.4, -0.2) is 29.1 Å². The molecule has 0 amide bonds. The van der Waals surface area contributed by atoms with Crippen LogP contribution in [0.5, 0.6) is 0 Å². The van der Waals surface area contributed by atoms with E-state index in [2.05, 4.69) is 33.0 Å². The largest absolute Gasteiger partial charge is 0.481 e. The van der Waals surface area contributed by atoms with Crippen molar-refractivity contribution in [1.82, 2.24) is 4.90 Å². The molecular weight excluding hydrogens is 342 g/mol. The minimum atomic E-state index is -0.825. The number of hydrogen-bond donors (Lipinski definition) is 1. The standard InChI is InChI=1S/C18H18BrNO2/c19-16-9-5-4-8-15(16)18(17(21)22)10-11-20(13-18)12-14-6-2-1-3-7-14/h1-9H,10-13H2,(H,21,22). The summed E-state index contributed by atoms with van der Waals surface area (Å²) >= 11 is 3.51. The monoisotopic (exact) mass is 359 g/mol. The SMILES string of the molecule is O=C(O)C1(c2ccccc2Br)CCN(Cc2ccccc2)C1. The van der Waals surface area contributed by atoms with Crippen LogP contribution >= 0.6 is 15.9 Å². The van der Waals surface area contributed by atoms with E-state index in [9.17, 15) is 9.90 Å². The minimum Gasteiger partial charge on any atom is -0.481 e. The fraction of sp³-hybridized carbons (Fsp3) is 0.278. The predicted molar refractivity (Wildman–Crippen MR) is 89.8 cm³/mol. The number of benzene rings is 2. The van der Waals surface area contributed by atoms with Crippen molar-refractivity contribution in [2.24, 2.45) is 0 Å². The summed E-state index contributed by atoms with van der Waals surface area (Å²) in [5, 5.41) is 9.88. The van der Waals surface area contributed by atoms with Crippen molar-refractivity contribution < 1.29 is 9.90 Å². The second-order valence-electron chi connectivity index (χ2n) is 5.81. The molecule has 1 aliphatic heterocycles. The van der Waals surface area contributed by atoms with Gasteiger partial charge in [-0.1, -0.05) is 64.5 Å². The van der Waals surface area contributed by atoms with Gasteiger partial charge >= 0.3 is 5.97 Å². The molecule has 22 heavy (non-hydrogen) atoms. The molecule has 1 atom stereocenters. The van der Waals surface area contributed by atoms with Gasteiger partial charge in [0, 0.05) is 24.1 Å². The summed E-state index contributed by atoms with van der Waals surface area (Å²) in [5.74, 6) is -0.741. The molecule has 2 aromatic carbocycles. The summed E-state index contributed by atoms with van der Waals surface area (Å²) in [6, 6.07) is 17.9. The molecule has 1 heterocycles. The van der Waals surface area contributed by atoms with Gasteiger partial charge in [0.25, 0.3) is 0 Å². The van der Waals surface area contributed by atoms with E-state index in [0.29, 0.717) is 13.0 Å². The molecule has 0 saturated carbocycles. The maximum absolute atomic E-state index is 12.0. The van der Waals surface area contributed by atoms with Gasteiger partial charge in [-0.2, -0.15) is 0 Å². The molecule has 0 aliphatic carbocycles. The summed E-state index contributed by atoms with van der Waals surface area (Å²) < 4.78 is 0.874. The van der Waals surface area contributed by atoms with Gasteiger partial charge in [-0.05, 0) is 23.6 Å². The number of carboxylic acids is 1. The van der Waals surface area contributed by atoms with E-state index in [1.807, 2.05) is 42.5 Å². The molecule has 4 heteroatoms. The smallest absolute Gasteiger partial charge is 0.315 e. The number of carboxylic acid groups (broad SMARTS) is 1. The first-order chi connectivity index (χ1) is 10.6. The van der Waals surface area contributed by atoms with Crippen molar-refractivity contribution in [2.75, 3.05) is 13.1 Å². The minimum absolute atomic E-state index is 0.542. The van der Waals surface area contributed by atoms with Crippen LogP contribution in [0.25, 0.3) is 0 Å². The van der Waals surface area contributed by atoms with Crippen LogP contribution in [0.15, 0.2) is 59.1 Å². The zero-order chi connectivity index (χ0) is 15.6. The lowest BCUT2D eigenvalue weighted by Gasteiger charge is -2.26. The summed E-state index contributed by atoms with van der Waals surface area (Å²) in [7, 11) is 0. The van der Waals surface area contributed by atoms with Gasteiger partial charge in [-0.15, -0.1) is 0 Å². The lowest BCUT2D eigenvalue weighted by Crippen LogP contribution is -2.39. The third-order valence-corrected chi connectivity index (χ3v) is 5.09. The highest BCUT2D eigenvalue weighted by Crippen LogP contribution is 2.39. The molecule has 0 radical (unpaired) electrons. The van der Waals surface area contributed by atoms with E-state index in [1.165, 1.54) is 5.56 Å². The number of nitrogens with zero attached hydrogens (tertiary/aromatic N) is 1. The van der Waals surface area contributed by atoms with Crippen molar-refractivity contribution in [2.45, 2.75) is 18.4 Å². The molecule has 0 aromatic heterocycles. The molecule has 1 unspecified atom stereocenters. The van der Waals surface area contributed by atoms with E-state index in [4.69, 9.17) is 0 Å². The average Bonchev–Trinajstić information content (AvgIpc) is 2.94. The Morgan fingerprint density at radius 2 is 1.82 bits per heavy atom. The van der Waals surface area contributed by atoms with Crippen LogP contribution in [0.3, 0.4) is 0 Å². The highest BCUT2D eigenvalue weighted by atomic mass is 79.9. The topological polar surface area (TPSA) is 40.5 Å². The molecule has 0 spiro atoms. The van der Waals surface area contributed by atoms with Gasteiger partial charge < -0.3 is 5.11 Å². The normalized spacial score (nSPS) is 21.9. The Bertz CT molecular complexity index is 674. The van der Waals surface area contributed by atoms with Crippen molar-refractivity contribution in [3.63, 3.8) is 0 Å². The second-order valence-corrected chi connectivity index (χ2v) is 6.67. The van der Waals surface area contributed by atoms with Gasteiger partial charge in [0.2, 0.25) is 0 Å². The van der Waals surface area contributed by atoms with Crippen LogP contribution < -0.4 is 0 Å². The fourth-order valence-corrected chi connectivity index (χ4v) is 3.89. The summed E-state index contributed by atoms with van der Waals surface area (Å²) in [6.07, 6.45) is 0.637. The Morgan fingerprint density at radius 3 is 2.50 bits per heavy atom. The molecule has 0 bridgehead atoms. The van der Waals surface area contributed by atoms with Crippen LogP contribution in [0.1, 0.15) is 17.5 Å².